The molecule has 0 spiro atoms. The maximum atomic E-state index is 8.78. The predicted octanol–water partition coefficient (Wildman–Crippen LogP) is 0.877. The predicted molar refractivity (Wildman–Crippen MR) is 59.4 cm³/mol. The molecule has 1 aliphatic rings. The second kappa shape index (κ2) is 6.38. The summed E-state index contributed by atoms with van der Waals surface area (Å²) in [6.07, 6.45) is 4.70. The molecule has 0 aromatic rings. The highest BCUT2D eigenvalue weighted by Crippen LogP contribution is 2.11. The van der Waals surface area contributed by atoms with Crippen molar-refractivity contribution in [1.29, 1.82) is 0 Å². The van der Waals surface area contributed by atoms with E-state index in [-0.39, 0.29) is 6.61 Å². The van der Waals surface area contributed by atoms with Gasteiger partial charge in [-0.3, -0.25) is 0 Å². The zero-order chi connectivity index (χ0) is 10.4. The molecule has 0 aliphatic carbocycles. The Kier molecular flexibility index (Phi) is 5.45. The van der Waals surface area contributed by atoms with Crippen LogP contribution in [0.25, 0.3) is 0 Å². The Morgan fingerprint density at radius 3 is 2.79 bits per heavy atom. The number of hydrogen-bond acceptors (Lipinski definition) is 3. The van der Waals surface area contributed by atoms with Crippen molar-refractivity contribution in [1.82, 2.24) is 10.6 Å². The third kappa shape index (κ3) is 4.40. The Hall–Kier alpha value is -0.120. The minimum absolute atomic E-state index is 0.280. The average Bonchev–Trinajstić information content (AvgIpc) is 2.56. The van der Waals surface area contributed by atoms with E-state index in [9.17, 15) is 0 Å². The zero-order valence-corrected chi connectivity index (χ0v) is 9.42. The summed E-state index contributed by atoms with van der Waals surface area (Å²) in [7, 11) is 0. The van der Waals surface area contributed by atoms with Crippen LogP contribution in [0.4, 0.5) is 0 Å². The lowest BCUT2D eigenvalue weighted by Gasteiger charge is -2.22. The molecule has 1 rings (SSSR count). The fourth-order valence-electron chi connectivity index (χ4n) is 2.22. The second-order valence-electron chi connectivity index (χ2n) is 4.51. The highest BCUT2D eigenvalue weighted by atomic mass is 16.3. The van der Waals surface area contributed by atoms with E-state index >= 15 is 0 Å². The molecule has 3 nitrogen and oxygen atoms in total. The van der Waals surface area contributed by atoms with Gasteiger partial charge in [-0.05, 0) is 46.1 Å². The number of aliphatic hydroxyl groups excluding tert-OH is 1. The smallest absolute Gasteiger partial charge is 0.0445 e. The molecule has 3 atom stereocenters. The van der Waals surface area contributed by atoms with Crippen molar-refractivity contribution in [3.8, 4) is 0 Å². The van der Waals surface area contributed by atoms with Crippen LogP contribution in [0.1, 0.15) is 39.5 Å². The molecule has 3 N–H and O–H groups in total. The molecule has 3 heteroatoms. The largest absolute Gasteiger partial charge is 0.396 e. The molecule has 0 amide bonds. The van der Waals surface area contributed by atoms with Gasteiger partial charge < -0.3 is 15.7 Å². The Balaban J connectivity index is 2.10. The summed E-state index contributed by atoms with van der Waals surface area (Å²) in [6.45, 7) is 5.83. The van der Waals surface area contributed by atoms with Crippen LogP contribution in [0.5, 0.6) is 0 Å². The first kappa shape index (κ1) is 12.0. The Labute approximate surface area is 87.3 Å². The minimum Gasteiger partial charge on any atom is -0.396 e. The lowest BCUT2D eigenvalue weighted by Crippen LogP contribution is -2.39. The number of hydrogen-bond donors (Lipinski definition) is 3. The van der Waals surface area contributed by atoms with E-state index in [1.54, 1.807) is 0 Å². The summed E-state index contributed by atoms with van der Waals surface area (Å²) in [4.78, 5) is 0. The van der Waals surface area contributed by atoms with E-state index in [1.807, 2.05) is 0 Å². The first-order valence-electron chi connectivity index (χ1n) is 5.82. The number of nitrogens with one attached hydrogen (secondary N) is 2. The summed E-state index contributed by atoms with van der Waals surface area (Å²) in [5.41, 5.74) is 0. The van der Waals surface area contributed by atoms with Gasteiger partial charge in [-0.1, -0.05) is 0 Å². The van der Waals surface area contributed by atoms with Crippen LogP contribution in [0.2, 0.25) is 0 Å². The molecule has 14 heavy (non-hydrogen) atoms. The molecule has 0 saturated carbocycles. The highest BCUT2D eigenvalue weighted by Gasteiger charge is 2.17. The fourth-order valence-corrected chi connectivity index (χ4v) is 2.22. The van der Waals surface area contributed by atoms with Gasteiger partial charge in [0.1, 0.15) is 0 Å². The van der Waals surface area contributed by atoms with E-state index in [4.69, 9.17) is 5.11 Å². The first-order chi connectivity index (χ1) is 6.72. The van der Waals surface area contributed by atoms with Gasteiger partial charge in [0, 0.05) is 24.7 Å². The molecule has 1 fully saturated rings. The lowest BCUT2D eigenvalue weighted by molar-refractivity contribution is 0.261. The maximum Gasteiger partial charge on any atom is 0.0445 e. The van der Waals surface area contributed by atoms with Gasteiger partial charge in [0.05, 0.1) is 0 Å². The van der Waals surface area contributed by atoms with Gasteiger partial charge in [-0.15, -0.1) is 0 Å². The molecule has 1 heterocycles. The van der Waals surface area contributed by atoms with E-state index in [2.05, 4.69) is 24.5 Å². The van der Waals surface area contributed by atoms with Crippen molar-refractivity contribution in [2.24, 2.45) is 0 Å². The van der Waals surface area contributed by atoms with E-state index in [0.29, 0.717) is 18.1 Å². The van der Waals surface area contributed by atoms with Gasteiger partial charge in [0.25, 0.3) is 0 Å². The monoisotopic (exact) mass is 200 g/mol. The lowest BCUT2D eigenvalue weighted by atomic mass is 10.1. The normalized spacial score (nSPS) is 26.4. The molecule has 0 radical (unpaired) electrons. The van der Waals surface area contributed by atoms with Crippen LogP contribution in [0, 0.1) is 0 Å². The van der Waals surface area contributed by atoms with E-state index in [0.717, 1.165) is 6.42 Å². The summed E-state index contributed by atoms with van der Waals surface area (Å²) < 4.78 is 0. The highest BCUT2D eigenvalue weighted by molar-refractivity contribution is 4.79. The summed E-state index contributed by atoms with van der Waals surface area (Å²) in [5.74, 6) is 0. The molecule has 0 bridgehead atoms. The molecule has 84 valence electrons. The average molecular weight is 200 g/mol. The summed E-state index contributed by atoms with van der Waals surface area (Å²) in [5, 5.41) is 15.8. The molecule has 3 unspecified atom stereocenters. The summed E-state index contributed by atoms with van der Waals surface area (Å²) >= 11 is 0. The van der Waals surface area contributed by atoms with Crippen LogP contribution in [0.3, 0.4) is 0 Å². The Morgan fingerprint density at radius 1 is 1.43 bits per heavy atom. The maximum absolute atomic E-state index is 8.78. The van der Waals surface area contributed by atoms with Crippen molar-refractivity contribution in [2.45, 2.75) is 57.7 Å². The molecule has 1 aliphatic heterocycles. The van der Waals surface area contributed by atoms with E-state index in [1.165, 1.54) is 25.8 Å². The molecule has 0 aromatic carbocycles. The Bertz CT molecular complexity index is 146. The molecule has 0 aromatic heterocycles. The standard InChI is InChI=1S/C11H24N2O/c1-9(5-7-14)13-10(2)8-11-4-3-6-12-11/h9-14H,3-8H2,1-2H3. The van der Waals surface area contributed by atoms with Crippen LogP contribution >= 0.6 is 0 Å². The van der Waals surface area contributed by atoms with Crippen LogP contribution in [-0.2, 0) is 0 Å². The summed E-state index contributed by atoms with van der Waals surface area (Å²) in [6, 6.07) is 1.68. The zero-order valence-electron chi connectivity index (χ0n) is 9.42. The number of rotatable bonds is 6. The van der Waals surface area contributed by atoms with Crippen molar-refractivity contribution in [2.75, 3.05) is 13.2 Å². The minimum atomic E-state index is 0.280. The fraction of sp³-hybridized carbons (Fsp3) is 1.00. The van der Waals surface area contributed by atoms with Crippen LogP contribution in [0.15, 0.2) is 0 Å². The van der Waals surface area contributed by atoms with Gasteiger partial charge in [-0.25, -0.2) is 0 Å². The second-order valence-corrected chi connectivity index (χ2v) is 4.51. The van der Waals surface area contributed by atoms with Crippen LogP contribution < -0.4 is 10.6 Å². The van der Waals surface area contributed by atoms with Gasteiger partial charge >= 0.3 is 0 Å². The van der Waals surface area contributed by atoms with Crippen molar-refractivity contribution >= 4 is 0 Å². The van der Waals surface area contributed by atoms with Crippen molar-refractivity contribution < 1.29 is 5.11 Å². The van der Waals surface area contributed by atoms with Crippen molar-refractivity contribution in [3.05, 3.63) is 0 Å². The van der Waals surface area contributed by atoms with E-state index < -0.39 is 0 Å². The quantitative estimate of drug-likeness (QED) is 0.596. The molecular weight excluding hydrogens is 176 g/mol. The molecule has 1 saturated heterocycles. The molecular formula is C11H24N2O. The van der Waals surface area contributed by atoms with Gasteiger partial charge in [0.15, 0.2) is 0 Å². The van der Waals surface area contributed by atoms with Crippen molar-refractivity contribution in [3.63, 3.8) is 0 Å². The SMILES string of the molecule is CC(CCO)NC(C)CC1CCCN1. The first-order valence-corrected chi connectivity index (χ1v) is 5.82. The van der Waals surface area contributed by atoms with Crippen LogP contribution in [-0.4, -0.2) is 36.4 Å². The topological polar surface area (TPSA) is 44.3 Å². The third-order valence-corrected chi connectivity index (χ3v) is 2.93. The third-order valence-electron chi connectivity index (χ3n) is 2.93. The van der Waals surface area contributed by atoms with Gasteiger partial charge in [0.2, 0.25) is 0 Å². The Morgan fingerprint density at radius 2 is 2.21 bits per heavy atom. The number of aliphatic hydroxyl groups is 1. The van der Waals surface area contributed by atoms with Gasteiger partial charge in [-0.2, -0.15) is 0 Å².